The normalized spacial score (nSPS) is 12.5. The Balaban J connectivity index is 2.33. The first-order chi connectivity index (χ1) is 8.11. The van der Waals surface area contributed by atoms with Crippen LogP contribution in [0.15, 0.2) is 30.3 Å². The van der Waals surface area contributed by atoms with Crippen molar-refractivity contribution in [2.24, 2.45) is 11.7 Å². The summed E-state index contributed by atoms with van der Waals surface area (Å²) in [6, 6.07) is 8.88. The number of carbonyl (C=O) groups excluding carboxylic acids is 1. The summed E-state index contributed by atoms with van der Waals surface area (Å²) in [5.74, 6) is 0.578. The van der Waals surface area contributed by atoms with E-state index in [1.54, 1.807) is 0 Å². The molecule has 3 N–H and O–H groups in total. The zero-order chi connectivity index (χ0) is 12.7. The van der Waals surface area contributed by atoms with Crippen LogP contribution in [0, 0.1) is 5.92 Å². The van der Waals surface area contributed by atoms with Gasteiger partial charge in [-0.1, -0.05) is 44.2 Å². The van der Waals surface area contributed by atoms with E-state index >= 15 is 0 Å². The predicted molar refractivity (Wildman–Crippen MR) is 70.5 cm³/mol. The van der Waals surface area contributed by atoms with Crippen molar-refractivity contribution in [3.8, 4) is 0 Å². The molecule has 0 aliphatic heterocycles. The van der Waals surface area contributed by atoms with Crippen molar-refractivity contribution >= 4 is 5.91 Å². The summed E-state index contributed by atoms with van der Waals surface area (Å²) in [5.41, 5.74) is 6.72. The smallest absolute Gasteiger partial charge is 0.241 e. The summed E-state index contributed by atoms with van der Waals surface area (Å²) in [6.07, 6.45) is 2.13. The predicted octanol–water partition coefficient (Wildman–Crippen LogP) is 2.24. The molecule has 3 heteroatoms. The van der Waals surface area contributed by atoms with Crippen LogP contribution < -0.4 is 11.1 Å². The fourth-order valence-corrected chi connectivity index (χ4v) is 1.64. The highest BCUT2D eigenvalue weighted by Gasteiger charge is 2.14. The molecule has 1 amide bonds. The summed E-state index contributed by atoms with van der Waals surface area (Å²) >= 11 is 0. The molecule has 1 aromatic carbocycles. The lowest BCUT2D eigenvalue weighted by atomic mass is 10.1. The quantitative estimate of drug-likeness (QED) is 0.742. The Morgan fingerprint density at radius 1 is 1.29 bits per heavy atom. The van der Waals surface area contributed by atoms with E-state index in [1.807, 2.05) is 30.3 Å². The second kappa shape index (κ2) is 7.07. The standard InChI is InChI=1S/C14H22N2O/c1-11(2)7-6-10-16-14(17)13(15)12-8-4-3-5-9-12/h3-5,8-9,11,13H,6-7,10,15H2,1-2H3,(H,16,17). The van der Waals surface area contributed by atoms with Crippen LogP contribution in [-0.4, -0.2) is 12.5 Å². The Morgan fingerprint density at radius 3 is 2.53 bits per heavy atom. The van der Waals surface area contributed by atoms with E-state index in [4.69, 9.17) is 5.73 Å². The van der Waals surface area contributed by atoms with Gasteiger partial charge < -0.3 is 11.1 Å². The van der Waals surface area contributed by atoms with Crippen LogP contribution in [-0.2, 0) is 4.79 Å². The molecule has 0 aromatic heterocycles. The van der Waals surface area contributed by atoms with Gasteiger partial charge in [0.25, 0.3) is 0 Å². The van der Waals surface area contributed by atoms with E-state index in [-0.39, 0.29) is 5.91 Å². The van der Waals surface area contributed by atoms with Gasteiger partial charge in [-0.05, 0) is 24.3 Å². The Bertz CT molecular complexity index is 335. The Kier molecular flexibility index (Phi) is 5.70. The third-order valence-electron chi connectivity index (χ3n) is 2.70. The van der Waals surface area contributed by atoms with Crippen LogP contribution in [0.2, 0.25) is 0 Å². The fourth-order valence-electron chi connectivity index (χ4n) is 1.64. The van der Waals surface area contributed by atoms with E-state index in [0.717, 1.165) is 18.4 Å². The van der Waals surface area contributed by atoms with Crippen molar-refractivity contribution in [1.82, 2.24) is 5.32 Å². The Morgan fingerprint density at radius 2 is 1.94 bits per heavy atom. The maximum absolute atomic E-state index is 11.8. The number of rotatable bonds is 6. The van der Waals surface area contributed by atoms with Gasteiger partial charge in [-0.25, -0.2) is 0 Å². The monoisotopic (exact) mass is 234 g/mol. The number of nitrogens with two attached hydrogens (primary N) is 1. The van der Waals surface area contributed by atoms with Gasteiger partial charge in [-0.15, -0.1) is 0 Å². The number of benzene rings is 1. The second-order valence-corrected chi connectivity index (χ2v) is 4.72. The minimum atomic E-state index is -0.560. The SMILES string of the molecule is CC(C)CCCNC(=O)C(N)c1ccccc1. The number of amides is 1. The largest absolute Gasteiger partial charge is 0.354 e. The van der Waals surface area contributed by atoms with Crippen molar-refractivity contribution in [3.63, 3.8) is 0 Å². The van der Waals surface area contributed by atoms with Gasteiger partial charge in [0.2, 0.25) is 5.91 Å². The molecule has 1 atom stereocenters. The first kappa shape index (κ1) is 13.7. The van der Waals surface area contributed by atoms with Gasteiger partial charge in [-0.2, -0.15) is 0 Å². The molecule has 3 nitrogen and oxygen atoms in total. The lowest BCUT2D eigenvalue weighted by Crippen LogP contribution is -2.34. The molecule has 0 fully saturated rings. The highest BCUT2D eigenvalue weighted by atomic mass is 16.2. The van der Waals surface area contributed by atoms with Crippen LogP contribution in [0.3, 0.4) is 0 Å². The molecule has 0 saturated heterocycles. The molecule has 94 valence electrons. The lowest BCUT2D eigenvalue weighted by Gasteiger charge is -2.12. The van der Waals surface area contributed by atoms with Crippen molar-refractivity contribution in [3.05, 3.63) is 35.9 Å². The minimum absolute atomic E-state index is 0.0973. The second-order valence-electron chi connectivity index (χ2n) is 4.72. The molecule has 1 unspecified atom stereocenters. The number of carbonyl (C=O) groups is 1. The first-order valence-electron chi connectivity index (χ1n) is 6.19. The first-order valence-corrected chi connectivity index (χ1v) is 6.19. The third-order valence-corrected chi connectivity index (χ3v) is 2.70. The fraction of sp³-hybridized carbons (Fsp3) is 0.500. The summed E-state index contributed by atoms with van der Waals surface area (Å²) in [5, 5.41) is 2.87. The molecular weight excluding hydrogens is 212 g/mol. The average molecular weight is 234 g/mol. The molecule has 0 spiro atoms. The molecule has 1 aromatic rings. The van der Waals surface area contributed by atoms with Crippen LogP contribution in [0.4, 0.5) is 0 Å². The Labute approximate surface area is 103 Å². The van der Waals surface area contributed by atoms with Crippen LogP contribution >= 0.6 is 0 Å². The zero-order valence-corrected chi connectivity index (χ0v) is 10.6. The minimum Gasteiger partial charge on any atom is -0.354 e. The lowest BCUT2D eigenvalue weighted by molar-refractivity contribution is -0.122. The van der Waals surface area contributed by atoms with Gasteiger partial charge >= 0.3 is 0 Å². The van der Waals surface area contributed by atoms with E-state index in [2.05, 4.69) is 19.2 Å². The van der Waals surface area contributed by atoms with Crippen molar-refractivity contribution in [2.75, 3.05) is 6.54 Å². The summed E-state index contributed by atoms with van der Waals surface area (Å²) in [7, 11) is 0. The maximum atomic E-state index is 11.8. The molecule has 1 rings (SSSR count). The van der Waals surface area contributed by atoms with E-state index in [1.165, 1.54) is 0 Å². The van der Waals surface area contributed by atoms with Gasteiger partial charge in [0.05, 0.1) is 0 Å². The molecule has 0 radical (unpaired) electrons. The van der Waals surface area contributed by atoms with Crippen molar-refractivity contribution in [1.29, 1.82) is 0 Å². The molecule has 0 saturated carbocycles. The summed E-state index contributed by atoms with van der Waals surface area (Å²) in [6.45, 7) is 5.06. The number of hydrogen-bond acceptors (Lipinski definition) is 2. The molecular formula is C14H22N2O. The van der Waals surface area contributed by atoms with Crippen molar-refractivity contribution in [2.45, 2.75) is 32.7 Å². The zero-order valence-electron chi connectivity index (χ0n) is 10.6. The van der Waals surface area contributed by atoms with E-state index < -0.39 is 6.04 Å². The molecule has 0 heterocycles. The molecule has 17 heavy (non-hydrogen) atoms. The van der Waals surface area contributed by atoms with E-state index in [9.17, 15) is 4.79 Å². The number of hydrogen-bond donors (Lipinski definition) is 2. The van der Waals surface area contributed by atoms with Gasteiger partial charge in [-0.3, -0.25) is 4.79 Å². The van der Waals surface area contributed by atoms with E-state index in [0.29, 0.717) is 12.5 Å². The van der Waals surface area contributed by atoms with Crippen molar-refractivity contribution < 1.29 is 4.79 Å². The summed E-state index contributed by atoms with van der Waals surface area (Å²) in [4.78, 5) is 11.8. The Hall–Kier alpha value is -1.35. The summed E-state index contributed by atoms with van der Waals surface area (Å²) < 4.78 is 0. The van der Waals surface area contributed by atoms with Gasteiger partial charge in [0, 0.05) is 6.54 Å². The highest BCUT2D eigenvalue weighted by Crippen LogP contribution is 2.09. The topological polar surface area (TPSA) is 55.1 Å². The van der Waals surface area contributed by atoms with Crippen LogP contribution in [0.1, 0.15) is 38.3 Å². The highest BCUT2D eigenvalue weighted by molar-refractivity contribution is 5.82. The maximum Gasteiger partial charge on any atom is 0.241 e. The van der Waals surface area contributed by atoms with Gasteiger partial charge in [0.1, 0.15) is 6.04 Å². The molecule has 0 aliphatic carbocycles. The molecule has 0 bridgehead atoms. The molecule has 0 aliphatic rings. The third kappa shape index (κ3) is 5.00. The number of nitrogens with one attached hydrogen (secondary N) is 1. The van der Waals surface area contributed by atoms with Crippen LogP contribution in [0.5, 0.6) is 0 Å². The van der Waals surface area contributed by atoms with Gasteiger partial charge in [0.15, 0.2) is 0 Å². The van der Waals surface area contributed by atoms with Crippen LogP contribution in [0.25, 0.3) is 0 Å². The average Bonchev–Trinajstić information content (AvgIpc) is 2.34.